The lowest BCUT2D eigenvalue weighted by molar-refractivity contribution is -0.147. The summed E-state index contributed by atoms with van der Waals surface area (Å²) in [6.45, 7) is 1.40. The predicted octanol–water partition coefficient (Wildman–Crippen LogP) is 4.41. The zero-order chi connectivity index (χ0) is 22.0. The molecule has 3 aromatic carbocycles. The van der Waals surface area contributed by atoms with E-state index < -0.39 is 18.5 Å². The second kappa shape index (κ2) is 8.73. The standard InChI is InChI=1S/C24H19BrN2O4/c1-15-12-16(10-11-19(15)25)26-22(28)14-31-23(29)13-27-20-8-4-2-6-17(20)24(30)18-7-3-5-9-21(18)27/h2-12H,13-14H2,1H3,(H,26,28). The topological polar surface area (TPSA) is 77.4 Å². The van der Waals surface area contributed by atoms with Crippen molar-refractivity contribution >= 4 is 55.3 Å². The Morgan fingerprint density at radius 1 is 0.968 bits per heavy atom. The quantitative estimate of drug-likeness (QED) is 0.340. The zero-order valence-electron chi connectivity index (χ0n) is 16.7. The van der Waals surface area contributed by atoms with Crippen LogP contribution in [0.5, 0.6) is 0 Å². The molecule has 0 radical (unpaired) electrons. The molecule has 1 amide bonds. The first kappa shape index (κ1) is 20.8. The normalized spacial score (nSPS) is 10.9. The summed E-state index contributed by atoms with van der Waals surface area (Å²) in [7, 11) is 0. The third kappa shape index (κ3) is 4.36. The predicted molar refractivity (Wildman–Crippen MR) is 124 cm³/mol. The third-order valence-corrected chi connectivity index (χ3v) is 5.86. The van der Waals surface area contributed by atoms with Gasteiger partial charge in [-0.1, -0.05) is 40.2 Å². The van der Waals surface area contributed by atoms with Crippen molar-refractivity contribution in [3.8, 4) is 0 Å². The molecule has 1 N–H and O–H groups in total. The Bertz CT molecular complexity index is 1320. The van der Waals surface area contributed by atoms with Crippen molar-refractivity contribution in [2.24, 2.45) is 0 Å². The molecule has 4 aromatic rings. The highest BCUT2D eigenvalue weighted by Gasteiger charge is 2.14. The molecule has 0 aliphatic rings. The van der Waals surface area contributed by atoms with Gasteiger partial charge < -0.3 is 14.6 Å². The number of anilines is 1. The molecule has 1 heterocycles. The molecule has 6 nitrogen and oxygen atoms in total. The highest BCUT2D eigenvalue weighted by Crippen LogP contribution is 2.20. The fourth-order valence-corrected chi connectivity index (χ4v) is 3.73. The van der Waals surface area contributed by atoms with E-state index in [-0.39, 0.29) is 12.0 Å². The van der Waals surface area contributed by atoms with Gasteiger partial charge in [-0.25, -0.2) is 0 Å². The molecule has 0 atom stereocenters. The van der Waals surface area contributed by atoms with Crippen molar-refractivity contribution in [1.29, 1.82) is 0 Å². The average Bonchev–Trinajstić information content (AvgIpc) is 2.78. The smallest absolute Gasteiger partial charge is 0.326 e. The van der Waals surface area contributed by atoms with Crippen molar-refractivity contribution < 1.29 is 14.3 Å². The minimum atomic E-state index is -0.568. The van der Waals surface area contributed by atoms with Gasteiger partial charge in [0.25, 0.3) is 5.91 Å². The van der Waals surface area contributed by atoms with Gasteiger partial charge in [-0.05, 0) is 55.0 Å². The Hall–Kier alpha value is -3.45. The fraction of sp³-hybridized carbons (Fsp3) is 0.125. The zero-order valence-corrected chi connectivity index (χ0v) is 18.3. The van der Waals surface area contributed by atoms with Crippen molar-refractivity contribution in [1.82, 2.24) is 4.57 Å². The molecule has 4 rings (SSSR count). The summed E-state index contributed by atoms with van der Waals surface area (Å²) in [6, 6.07) is 19.7. The lowest BCUT2D eigenvalue weighted by Gasteiger charge is -2.14. The third-order valence-electron chi connectivity index (χ3n) is 4.97. The van der Waals surface area contributed by atoms with Crippen LogP contribution in [0.2, 0.25) is 0 Å². The Balaban J connectivity index is 1.52. The Kier molecular flexibility index (Phi) is 5.86. The van der Waals surface area contributed by atoms with Crippen molar-refractivity contribution in [3.63, 3.8) is 0 Å². The summed E-state index contributed by atoms with van der Waals surface area (Å²) in [5.74, 6) is -0.995. The fourth-order valence-electron chi connectivity index (χ4n) is 3.49. The Morgan fingerprint density at radius 3 is 2.19 bits per heavy atom. The van der Waals surface area contributed by atoms with Gasteiger partial charge in [-0.3, -0.25) is 14.4 Å². The van der Waals surface area contributed by atoms with Crippen LogP contribution < -0.4 is 10.7 Å². The summed E-state index contributed by atoms with van der Waals surface area (Å²) in [5.41, 5.74) is 2.79. The van der Waals surface area contributed by atoms with Crippen LogP contribution in [-0.2, 0) is 20.9 Å². The number of halogens is 1. The molecular weight excluding hydrogens is 460 g/mol. The number of hydrogen-bond acceptors (Lipinski definition) is 4. The minimum Gasteiger partial charge on any atom is -0.454 e. The number of carbonyl (C=O) groups is 2. The molecule has 0 saturated carbocycles. The van der Waals surface area contributed by atoms with Gasteiger partial charge in [0, 0.05) is 20.9 Å². The number of hydrogen-bond donors (Lipinski definition) is 1. The summed E-state index contributed by atoms with van der Waals surface area (Å²) >= 11 is 3.41. The summed E-state index contributed by atoms with van der Waals surface area (Å²) in [6.07, 6.45) is 0. The number of para-hydroxylation sites is 2. The number of benzene rings is 3. The number of nitrogens with zero attached hydrogens (tertiary/aromatic N) is 1. The number of rotatable bonds is 5. The van der Waals surface area contributed by atoms with Gasteiger partial charge in [0.2, 0.25) is 0 Å². The molecule has 1 aromatic heterocycles. The monoisotopic (exact) mass is 478 g/mol. The molecule has 0 bridgehead atoms. The first-order valence-electron chi connectivity index (χ1n) is 9.66. The second-order valence-corrected chi connectivity index (χ2v) is 7.98. The van der Waals surface area contributed by atoms with Crippen LogP contribution in [0, 0.1) is 6.92 Å². The van der Waals surface area contributed by atoms with E-state index in [0.717, 1.165) is 10.0 Å². The van der Waals surface area contributed by atoms with Gasteiger partial charge in [0.1, 0.15) is 6.54 Å². The maximum absolute atomic E-state index is 12.8. The van der Waals surface area contributed by atoms with E-state index in [9.17, 15) is 14.4 Å². The number of aromatic nitrogens is 1. The highest BCUT2D eigenvalue weighted by molar-refractivity contribution is 9.10. The van der Waals surface area contributed by atoms with E-state index in [1.807, 2.05) is 31.2 Å². The van der Waals surface area contributed by atoms with Gasteiger partial charge in [-0.15, -0.1) is 0 Å². The van der Waals surface area contributed by atoms with Gasteiger partial charge in [0.15, 0.2) is 12.0 Å². The molecule has 0 unspecified atom stereocenters. The molecular formula is C24H19BrN2O4. The molecule has 31 heavy (non-hydrogen) atoms. The van der Waals surface area contributed by atoms with E-state index in [2.05, 4.69) is 21.2 Å². The van der Waals surface area contributed by atoms with E-state index in [0.29, 0.717) is 27.5 Å². The van der Waals surface area contributed by atoms with Crippen LogP contribution in [0.4, 0.5) is 5.69 Å². The van der Waals surface area contributed by atoms with E-state index >= 15 is 0 Å². The van der Waals surface area contributed by atoms with E-state index in [1.54, 1.807) is 47.0 Å². The lowest BCUT2D eigenvalue weighted by Crippen LogP contribution is -2.24. The number of aryl methyl sites for hydroxylation is 1. The van der Waals surface area contributed by atoms with Crippen LogP contribution in [0.1, 0.15) is 5.56 Å². The number of fused-ring (bicyclic) bond motifs is 2. The van der Waals surface area contributed by atoms with Crippen molar-refractivity contribution in [2.45, 2.75) is 13.5 Å². The number of carbonyl (C=O) groups excluding carboxylic acids is 2. The minimum absolute atomic E-state index is 0.0833. The number of amides is 1. The molecule has 0 spiro atoms. The largest absolute Gasteiger partial charge is 0.454 e. The first-order chi connectivity index (χ1) is 14.9. The molecule has 0 fully saturated rings. The van der Waals surface area contributed by atoms with Crippen molar-refractivity contribution in [2.75, 3.05) is 11.9 Å². The highest BCUT2D eigenvalue weighted by atomic mass is 79.9. The maximum Gasteiger partial charge on any atom is 0.326 e. The molecule has 156 valence electrons. The summed E-state index contributed by atoms with van der Waals surface area (Å²) in [5, 5.41) is 3.76. The number of ether oxygens (including phenoxy) is 1. The lowest BCUT2D eigenvalue weighted by atomic mass is 10.1. The number of nitrogens with one attached hydrogen (secondary N) is 1. The molecule has 0 saturated heterocycles. The van der Waals surface area contributed by atoms with Crippen molar-refractivity contribution in [3.05, 3.63) is 87.0 Å². The van der Waals surface area contributed by atoms with Crippen LogP contribution >= 0.6 is 15.9 Å². The Morgan fingerprint density at radius 2 is 1.58 bits per heavy atom. The van der Waals surface area contributed by atoms with Gasteiger partial charge in [0.05, 0.1) is 11.0 Å². The van der Waals surface area contributed by atoms with Crippen LogP contribution in [-0.4, -0.2) is 23.1 Å². The van der Waals surface area contributed by atoms with Crippen LogP contribution in [0.15, 0.2) is 76.0 Å². The van der Waals surface area contributed by atoms with E-state index in [1.165, 1.54) is 0 Å². The summed E-state index contributed by atoms with van der Waals surface area (Å²) in [4.78, 5) is 37.5. The van der Waals surface area contributed by atoms with Crippen LogP contribution in [0.3, 0.4) is 0 Å². The summed E-state index contributed by atoms with van der Waals surface area (Å²) < 4.78 is 7.89. The molecule has 7 heteroatoms. The SMILES string of the molecule is Cc1cc(NC(=O)COC(=O)Cn2c3ccccc3c(=O)c3ccccc32)ccc1Br. The molecule has 0 aliphatic carbocycles. The second-order valence-electron chi connectivity index (χ2n) is 7.12. The van der Waals surface area contributed by atoms with Crippen LogP contribution in [0.25, 0.3) is 21.8 Å². The Labute approximate surface area is 186 Å². The number of esters is 1. The maximum atomic E-state index is 12.8. The average molecular weight is 479 g/mol. The van der Waals surface area contributed by atoms with Gasteiger partial charge in [-0.2, -0.15) is 0 Å². The number of pyridine rings is 1. The van der Waals surface area contributed by atoms with E-state index in [4.69, 9.17) is 4.74 Å². The van der Waals surface area contributed by atoms with Gasteiger partial charge >= 0.3 is 5.97 Å². The first-order valence-corrected chi connectivity index (χ1v) is 10.5. The molecule has 0 aliphatic heterocycles.